The van der Waals surface area contributed by atoms with Gasteiger partial charge in [-0.05, 0) is 29.0 Å². The van der Waals surface area contributed by atoms with Crippen LogP contribution in [0.15, 0.2) is 72.0 Å². The molecule has 0 unspecified atom stereocenters. The van der Waals surface area contributed by atoms with Crippen LogP contribution in [0.5, 0.6) is 5.75 Å². The van der Waals surface area contributed by atoms with E-state index in [-0.39, 0.29) is 12.5 Å². The molecule has 142 valence electrons. The molecule has 0 saturated heterocycles. The SMILES string of the molecule is COc1cc2ccccc2cc1C(=O)N/N=C\c1cn(CC#N)c2ccccc12. The second-order valence-electron chi connectivity index (χ2n) is 6.49. The van der Waals surface area contributed by atoms with Gasteiger partial charge in [-0.15, -0.1) is 0 Å². The number of hydrogen-bond donors (Lipinski definition) is 1. The summed E-state index contributed by atoms with van der Waals surface area (Å²) in [5.41, 5.74) is 4.74. The third-order valence-electron chi connectivity index (χ3n) is 4.74. The van der Waals surface area contributed by atoms with Crippen molar-refractivity contribution in [3.8, 4) is 11.8 Å². The van der Waals surface area contributed by atoms with Crippen molar-refractivity contribution in [2.45, 2.75) is 6.54 Å². The standard InChI is InChI=1S/C23H18N4O2/c1-29-22-13-17-7-3-2-6-16(17)12-20(22)23(28)26-25-14-18-15-27(11-10-24)21-9-5-4-8-19(18)21/h2-9,12-15H,11H2,1H3,(H,26,28)/b25-14-. The first-order valence-electron chi connectivity index (χ1n) is 9.06. The number of carbonyl (C=O) groups excluding carboxylic acids is 1. The first-order chi connectivity index (χ1) is 14.2. The Morgan fingerprint density at radius 1 is 1.17 bits per heavy atom. The Labute approximate surface area is 167 Å². The number of carbonyl (C=O) groups is 1. The van der Waals surface area contributed by atoms with E-state index in [0.717, 1.165) is 27.2 Å². The molecule has 1 heterocycles. The van der Waals surface area contributed by atoms with Gasteiger partial charge >= 0.3 is 0 Å². The molecule has 4 rings (SSSR count). The Hall–Kier alpha value is -4.11. The van der Waals surface area contributed by atoms with Crippen LogP contribution in [-0.4, -0.2) is 23.8 Å². The van der Waals surface area contributed by atoms with Crippen LogP contribution in [0.4, 0.5) is 0 Å². The van der Waals surface area contributed by atoms with Crippen LogP contribution in [0.25, 0.3) is 21.7 Å². The van der Waals surface area contributed by atoms with Gasteiger partial charge in [0.05, 0.1) is 25.0 Å². The number of fused-ring (bicyclic) bond motifs is 2. The molecular weight excluding hydrogens is 364 g/mol. The highest BCUT2D eigenvalue weighted by Gasteiger charge is 2.13. The zero-order chi connectivity index (χ0) is 20.2. The number of ether oxygens (including phenoxy) is 1. The van der Waals surface area contributed by atoms with E-state index in [1.165, 1.54) is 7.11 Å². The second-order valence-corrected chi connectivity index (χ2v) is 6.49. The number of amides is 1. The topological polar surface area (TPSA) is 79.4 Å². The smallest absolute Gasteiger partial charge is 0.275 e. The van der Waals surface area contributed by atoms with Crippen molar-refractivity contribution in [3.63, 3.8) is 0 Å². The summed E-state index contributed by atoms with van der Waals surface area (Å²) < 4.78 is 7.23. The third kappa shape index (κ3) is 3.54. The van der Waals surface area contributed by atoms with Gasteiger partial charge in [-0.1, -0.05) is 42.5 Å². The zero-order valence-corrected chi connectivity index (χ0v) is 15.8. The van der Waals surface area contributed by atoms with Crippen LogP contribution in [0.1, 0.15) is 15.9 Å². The maximum absolute atomic E-state index is 12.7. The van der Waals surface area contributed by atoms with E-state index in [2.05, 4.69) is 16.6 Å². The van der Waals surface area contributed by atoms with Gasteiger partial charge in [-0.25, -0.2) is 5.43 Å². The fourth-order valence-electron chi connectivity index (χ4n) is 3.37. The maximum atomic E-state index is 12.7. The minimum atomic E-state index is -0.357. The third-order valence-corrected chi connectivity index (χ3v) is 4.74. The Bertz CT molecular complexity index is 1280. The fraction of sp³-hybridized carbons (Fsp3) is 0.0870. The Balaban J connectivity index is 1.61. The Morgan fingerprint density at radius 2 is 1.90 bits per heavy atom. The molecule has 4 aromatic rings. The van der Waals surface area contributed by atoms with Gasteiger partial charge in [0.2, 0.25) is 0 Å². The van der Waals surface area contributed by atoms with Crippen molar-refractivity contribution in [2.24, 2.45) is 5.10 Å². The van der Waals surface area contributed by atoms with Gasteiger partial charge in [-0.2, -0.15) is 10.4 Å². The summed E-state index contributed by atoms with van der Waals surface area (Å²) in [5, 5.41) is 16.0. The minimum Gasteiger partial charge on any atom is -0.496 e. The molecule has 0 spiro atoms. The van der Waals surface area contributed by atoms with Gasteiger partial charge in [0.15, 0.2) is 0 Å². The number of methoxy groups -OCH3 is 1. The zero-order valence-electron chi connectivity index (χ0n) is 15.8. The summed E-state index contributed by atoms with van der Waals surface area (Å²) in [5.74, 6) is 0.131. The molecule has 0 aliphatic heterocycles. The van der Waals surface area contributed by atoms with Gasteiger partial charge in [0, 0.05) is 22.7 Å². The van der Waals surface area contributed by atoms with E-state index < -0.39 is 0 Å². The van der Waals surface area contributed by atoms with Crippen molar-refractivity contribution < 1.29 is 9.53 Å². The first-order valence-corrected chi connectivity index (χ1v) is 9.06. The number of para-hydroxylation sites is 1. The monoisotopic (exact) mass is 382 g/mol. The van der Waals surface area contributed by atoms with E-state index in [4.69, 9.17) is 10.00 Å². The molecular formula is C23H18N4O2. The van der Waals surface area contributed by atoms with E-state index in [1.807, 2.05) is 65.4 Å². The molecule has 3 aromatic carbocycles. The largest absolute Gasteiger partial charge is 0.496 e. The molecule has 6 nitrogen and oxygen atoms in total. The molecule has 29 heavy (non-hydrogen) atoms. The summed E-state index contributed by atoms with van der Waals surface area (Å²) in [7, 11) is 1.54. The van der Waals surface area contributed by atoms with Crippen molar-refractivity contribution >= 4 is 33.8 Å². The molecule has 1 N–H and O–H groups in total. The van der Waals surface area contributed by atoms with E-state index >= 15 is 0 Å². The highest BCUT2D eigenvalue weighted by Crippen LogP contribution is 2.26. The quantitative estimate of drug-likeness (QED) is 0.417. The van der Waals surface area contributed by atoms with E-state index in [1.54, 1.807) is 12.3 Å². The van der Waals surface area contributed by atoms with Crippen LogP contribution < -0.4 is 10.2 Å². The number of nitrogens with one attached hydrogen (secondary N) is 1. The van der Waals surface area contributed by atoms with Gasteiger partial charge in [-0.3, -0.25) is 4.79 Å². The lowest BCUT2D eigenvalue weighted by molar-refractivity contribution is 0.0952. The molecule has 0 saturated carbocycles. The van der Waals surface area contributed by atoms with Crippen molar-refractivity contribution in [2.75, 3.05) is 7.11 Å². The molecule has 0 bridgehead atoms. The lowest BCUT2D eigenvalue weighted by atomic mass is 10.1. The molecule has 0 atom stereocenters. The van der Waals surface area contributed by atoms with E-state index in [0.29, 0.717) is 11.3 Å². The number of hydrogen-bond acceptors (Lipinski definition) is 4. The second kappa shape index (κ2) is 7.87. The number of hydrazone groups is 1. The first kappa shape index (κ1) is 18.3. The summed E-state index contributed by atoms with van der Waals surface area (Å²) in [6, 6.07) is 21.3. The van der Waals surface area contributed by atoms with Gasteiger partial charge in [0.25, 0.3) is 5.91 Å². The molecule has 0 aliphatic carbocycles. The number of nitriles is 1. The normalized spacial score (nSPS) is 11.0. The van der Waals surface area contributed by atoms with Gasteiger partial charge < -0.3 is 9.30 Å². The van der Waals surface area contributed by atoms with Crippen LogP contribution in [0.3, 0.4) is 0 Å². The lowest BCUT2D eigenvalue weighted by Gasteiger charge is -2.09. The van der Waals surface area contributed by atoms with Crippen LogP contribution in [0, 0.1) is 11.3 Å². The number of aromatic nitrogens is 1. The maximum Gasteiger partial charge on any atom is 0.275 e. The predicted octanol–water partition coefficient (Wildman–Crippen LogP) is 4.09. The van der Waals surface area contributed by atoms with Crippen molar-refractivity contribution in [3.05, 3.63) is 78.0 Å². The lowest BCUT2D eigenvalue weighted by Crippen LogP contribution is -2.18. The van der Waals surface area contributed by atoms with E-state index in [9.17, 15) is 4.79 Å². The highest BCUT2D eigenvalue weighted by atomic mass is 16.5. The van der Waals surface area contributed by atoms with Crippen molar-refractivity contribution in [1.29, 1.82) is 5.26 Å². The van der Waals surface area contributed by atoms with Crippen LogP contribution in [-0.2, 0) is 6.54 Å². The molecule has 1 aromatic heterocycles. The highest BCUT2D eigenvalue weighted by molar-refractivity contribution is 6.03. The minimum absolute atomic E-state index is 0.245. The summed E-state index contributed by atoms with van der Waals surface area (Å²) in [4.78, 5) is 12.7. The number of nitrogens with zero attached hydrogens (tertiary/aromatic N) is 3. The van der Waals surface area contributed by atoms with Crippen LogP contribution in [0.2, 0.25) is 0 Å². The number of benzene rings is 3. The summed E-state index contributed by atoms with van der Waals surface area (Å²) in [6.07, 6.45) is 3.43. The fourth-order valence-corrected chi connectivity index (χ4v) is 3.37. The van der Waals surface area contributed by atoms with Crippen LogP contribution >= 0.6 is 0 Å². The summed E-state index contributed by atoms with van der Waals surface area (Å²) in [6.45, 7) is 0.245. The molecule has 6 heteroatoms. The summed E-state index contributed by atoms with van der Waals surface area (Å²) >= 11 is 0. The predicted molar refractivity (Wildman–Crippen MR) is 113 cm³/mol. The van der Waals surface area contributed by atoms with Crippen molar-refractivity contribution in [1.82, 2.24) is 9.99 Å². The Morgan fingerprint density at radius 3 is 2.66 bits per heavy atom. The molecule has 0 radical (unpaired) electrons. The molecule has 1 amide bonds. The average Bonchev–Trinajstić information content (AvgIpc) is 3.10. The average molecular weight is 382 g/mol. The van der Waals surface area contributed by atoms with Gasteiger partial charge in [0.1, 0.15) is 12.3 Å². The molecule has 0 aliphatic rings. The molecule has 0 fully saturated rings. The number of rotatable bonds is 5. The Kier molecular flexibility index (Phi) is 4.95.